The van der Waals surface area contributed by atoms with E-state index in [1.54, 1.807) is 0 Å². The van der Waals surface area contributed by atoms with E-state index in [2.05, 4.69) is 23.0 Å². The van der Waals surface area contributed by atoms with Crippen LogP contribution in [0.15, 0.2) is 6.07 Å². The maximum Gasteiger partial charge on any atom is 0.0625 e. The third-order valence-electron chi connectivity index (χ3n) is 4.09. The predicted molar refractivity (Wildman–Crippen MR) is 72.3 cm³/mol. The number of rotatable bonds is 4. The summed E-state index contributed by atoms with van der Waals surface area (Å²) in [4.78, 5) is 2.47. The van der Waals surface area contributed by atoms with Gasteiger partial charge in [0.25, 0.3) is 0 Å². The summed E-state index contributed by atoms with van der Waals surface area (Å²) in [5.41, 5.74) is 2.47. The summed E-state index contributed by atoms with van der Waals surface area (Å²) in [5.74, 6) is 0.485. The molecule has 1 aliphatic heterocycles. The van der Waals surface area contributed by atoms with Crippen LogP contribution in [0, 0.1) is 5.92 Å². The Kier molecular flexibility index (Phi) is 4.40. The molecule has 0 amide bonds. The number of piperidine rings is 1. The zero-order valence-electron chi connectivity index (χ0n) is 11.8. The highest BCUT2D eigenvalue weighted by molar-refractivity contribution is 5.10. The largest absolute Gasteiger partial charge is 0.393 e. The van der Waals surface area contributed by atoms with Gasteiger partial charge in [-0.15, -0.1) is 0 Å². The molecule has 1 aromatic heterocycles. The summed E-state index contributed by atoms with van der Waals surface area (Å²) >= 11 is 0. The molecule has 0 aromatic carbocycles. The van der Waals surface area contributed by atoms with Crippen LogP contribution in [-0.2, 0) is 20.0 Å². The second kappa shape index (κ2) is 5.85. The highest BCUT2D eigenvalue weighted by atomic mass is 16.3. The zero-order chi connectivity index (χ0) is 13.1. The van der Waals surface area contributed by atoms with Gasteiger partial charge < -0.3 is 5.11 Å². The van der Waals surface area contributed by atoms with Crippen LogP contribution in [0.1, 0.15) is 38.1 Å². The van der Waals surface area contributed by atoms with Gasteiger partial charge in [0.05, 0.1) is 17.5 Å². The molecule has 0 saturated carbocycles. The molecule has 1 atom stereocenters. The number of hydrogen-bond acceptors (Lipinski definition) is 3. The quantitative estimate of drug-likeness (QED) is 0.883. The molecule has 1 N–H and O–H groups in total. The van der Waals surface area contributed by atoms with Crippen molar-refractivity contribution in [2.75, 3.05) is 13.1 Å². The van der Waals surface area contributed by atoms with E-state index in [0.717, 1.165) is 38.9 Å². The summed E-state index contributed by atoms with van der Waals surface area (Å²) in [6.07, 6.45) is 3.06. The summed E-state index contributed by atoms with van der Waals surface area (Å²) < 4.78 is 2.00. The number of likely N-dealkylation sites (tertiary alicyclic amines) is 1. The Morgan fingerprint density at radius 1 is 1.44 bits per heavy atom. The highest BCUT2D eigenvalue weighted by Gasteiger charge is 2.23. The van der Waals surface area contributed by atoms with Gasteiger partial charge in [-0.25, -0.2) is 0 Å². The van der Waals surface area contributed by atoms with Gasteiger partial charge in [-0.1, -0.05) is 6.92 Å². The fourth-order valence-corrected chi connectivity index (χ4v) is 2.71. The average Bonchev–Trinajstić information content (AvgIpc) is 2.71. The molecule has 1 fully saturated rings. The first kappa shape index (κ1) is 13.6. The molecule has 0 aliphatic carbocycles. The minimum atomic E-state index is -0.157. The number of aliphatic hydroxyl groups is 1. The van der Waals surface area contributed by atoms with E-state index in [0.29, 0.717) is 5.92 Å². The van der Waals surface area contributed by atoms with Crippen molar-refractivity contribution in [2.24, 2.45) is 13.0 Å². The Bertz CT molecular complexity index is 378. The molecule has 4 heteroatoms. The summed E-state index contributed by atoms with van der Waals surface area (Å²) in [6, 6.07) is 2.21. The van der Waals surface area contributed by atoms with Crippen molar-refractivity contribution in [3.05, 3.63) is 17.5 Å². The number of aryl methyl sites for hydroxylation is 2. The maximum atomic E-state index is 9.60. The second-order valence-corrected chi connectivity index (χ2v) is 5.46. The number of hydrogen-bond donors (Lipinski definition) is 1. The lowest BCUT2D eigenvalue weighted by atomic mass is 9.92. The lowest BCUT2D eigenvalue weighted by molar-refractivity contribution is 0.0687. The minimum Gasteiger partial charge on any atom is -0.393 e. The van der Waals surface area contributed by atoms with Gasteiger partial charge >= 0.3 is 0 Å². The topological polar surface area (TPSA) is 41.3 Å². The lowest BCUT2D eigenvalue weighted by Crippen LogP contribution is -2.36. The van der Waals surface area contributed by atoms with Crippen LogP contribution < -0.4 is 0 Å². The Hall–Kier alpha value is -0.870. The van der Waals surface area contributed by atoms with E-state index in [-0.39, 0.29) is 6.10 Å². The van der Waals surface area contributed by atoms with Gasteiger partial charge in [0.15, 0.2) is 0 Å². The smallest absolute Gasteiger partial charge is 0.0625 e. The Balaban J connectivity index is 1.89. The van der Waals surface area contributed by atoms with Crippen molar-refractivity contribution < 1.29 is 5.11 Å². The van der Waals surface area contributed by atoms with Crippen molar-refractivity contribution >= 4 is 0 Å². The van der Waals surface area contributed by atoms with E-state index >= 15 is 0 Å². The Labute approximate surface area is 110 Å². The monoisotopic (exact) mass is 251 g/mol. The normalized spacial score (nSPS) is 20.2. The van der Waals surface area contributed by atoms with Crippen LogP contribution in [0.5, 0.6) is 0 Å². The molecule has 2 rings (SSSR count). The molecule has 1 aliphatic rings. The summed E-state index contributed by atoms with van der Waals surface area (Å²) in [5, 5.41) is 14.1. The predicted octanol–water partition coefficient (Wildman–Crippen LogP) is 1.58. The molecular formula is C14H25N3O. The van der Waals surface area contributed by atoms with Gasteiger partial charge in [-0.3, -0.25) is 9.58 Å². The van der Waals surface area contributed by atoms with E-state index < -0.39 is 0 Å². The molecule has 1 unspecified atom stereocenters. The highest BCUT2D eigenvalue weighted by Crippen LogP contribution is 2.21. The Morgan fingerprint density at radius 3 is 2.61 bits per heavy atom. The SMILES string of the molecule is CCc1cc(CN2CCC(C(C)O)CC2)n(C)n1. The van der Waals surface area contributed by atoms with E-state index in [1.165, 1.54) is 11.4 Å². The van der Waals surface area contributed by atoms with Crippen LogP contribution in [0.25, 0.3) is 0 Å². The van der Waals surface area contributed by atoms with E-state index in [1.807, 2.05) is 18.7 Å². The van der Waals surface area contributed by atoms with Crippen molar-refractivity contribution in [1.82, 2.24) is 14.7 Å². The molecule has 0 spiro atoms. The van der Waals surface area contributed by atoms with E-state index in [4.69, 9.17) is 0 Å². The molecule has 2 heterocycles. The van der Waals surface area contributed by atoms with Gasteiger partial charge in [-0.2, -0.15) is 5.10 Å². The standard InChI is InChI=1S/C14H25N3O/c1-4-13-9-14(16(3)15-13)10-17-7-5-12(6-8-17)11(2)18/h9,11-12,18H,4-8,10H2,1-3H3. The molecular weight excluding hydrogens is 226 g/mol. The van der Waals surface area contributed by atoms with Gasteiger partial charge in [0.2, 0.25) is 0 Å². The first-order chi connectivity index (χ1) is 8.60. The maximum absolute atomic E-state index is 9.60. The molecule has 0 bridgehead atoms. The molecule has 4 nitrogen and oxygen atoms in total. The number of aliphatic hydroxyl groups excluding tert-OH is 1. The van der Waals surface area contributed by atoms with Crippen LogP contribution in [0.2, 0.25) is 0 Å². The second-order valence-electron chi connectivity index (χ2n) is 5.46. The summed E-state index contributed by atoms with van der Waals surface area (Å²) in [6.45, 7) is 7.20. The van der Waals surface area contributed by atoms with Gasteiger partial charge in [0, 0.05) is 13.6 Å². The third-order valence-corrected chi connectivity index (χ3v) is 4.09. The lowest BCUT2D eigenvalue weighted by Gasteiger charge is -2.33. The molecule has 18 heavy (non-hydrogen) atoms. The first-order valence-electron chi connectivity index (χ1n) is 7.02. The zero-order valence-corrected chi connectivity index (χ0v) is 11.8. The van der Waals surface area contributed by atoms with Crippen molar-refractivity contribution in [2.45, 2.75) is 45.8 Å². The fourth-order valence-electron chi connectivity index (χ4n) is 2.71. The molecule has 0 radical (unpaired) electrons. The summed E-state index contributed by atoms with van der Waals surface area (Å²) in [7, 11) is 2.02. The van der Waals surface area contributed by atoms with Gasteiger partial charge in [-0.05, 0) is 51.3 Å². The van der Waals surface area contributed by atoms with Crippen LogP contribution in [0.3, 0.4) is 0 Å². The van der Waals surface area contributed by atoms with Crippen LogP contribution in [0.4, 0.5) is 0 Å². The third kappa shape index (κ3) is 3.12. The van der Waals surface area contributed by atoms with E-state index in [9.17, 15) is 5.11 Å². The Morgan fingerprint density at radius 2 is 2.11 bits per heavy atom. The first-order valence-corrected chi connectivity index (χ1v) is 7.02. The van der Waals surface area contributed by atoms with Crippen molar-refractivity contribution in [3.8, 4) is 0 Å². The van der Waals surface area contributed by atoms with Crippen molar-refractivity contribution in [1.29, 1.82) is 0 Å². The minimum absolute atomic E-state index is 0.157. The number of nitrogens with zero attached hydrogens (tertiary/aromatic N) is 3. The van der Waals surface area contributed by atoms with Gasteiger partial charge in [0.1, 0.15) is 0 Å². The fraction of sp³-hybridized carbons (Fsp3) is 0.786. The van der Waals surface area contributed by atoms with Crippen LogP contribution in [-0.4, -0.2) is 39.0 Å². The molecule has 102 valence electrons. The average molecular weight is 251 g/mol. The molecule has 1 aromatic rings. The van der Waals surface area contributed by atoms with Crippen LogP contribution >= 0.6 is 0 Å². The molecule has 1 saturated heterocycles. The number of aromatic nitrogens is 2. The van der Waals surface area contributed by atoms with Crippen molar-refractivity contribution in [3.63, 3.8) is 0 Å².